The lowest BCUT2D eigenvalue weighted by Gasteiger charge is -2.13. The zero-order valence-corrected chi connectivity index (χ0v) is 9.33. The fourth-order valence-electron chi connectivity index (χ4n) is 1.52. The minimum Gasteiger partial charge on any atom is -0.481 e. The number of hydrogen-bond donors (Lipinski definition) is 2. The predicted molar refractivity (Wildman–Crippen MR) is 58.1 cm³/mol. The second-order valence-corrected chi connectivity index (χ2v) is 4.10. The summed E-state index contributed by atoms with van der Waals surface area (Å²) in [6, 6.07) is 0. The van der Waals surface area contributed by atoms with Gasteiger partial charge in [0.2, 0.25) is 0 Å². The topological polar surface area (TPSA) is 63.3 Å². The van der Waals surface area contributed by atoms with E-state index in [1.807, 2.05) is 0 Å². The van der Waals surface area contributed by atoms with Crippen LogP contribution in [0, 0.1) is 11.8 Å². The second-order valence-electron chi connectivity index (χ2n) is 4.10. The van der Waals surface area contributed by atoms with E-state index >= 15 is 0 Å². The number of rotatable bonds is 8. The van der Waals surface area contributed by atoms with Crippen LogP contribution in [0.15, 0.2) is 0 Å². The van der Waals surface area contributed by atoms with Crippen molar-refractivity contribution in [3.63, 3.8) is 0 Å². The minimum absolute atomic E-state index is 0.260. The third-order valence-corrected chi connectivity index (χ3v) is 2.69. The van der Waals surface area contributed by atoms with Gasteiger partial charge in [0.15, 0.2) is 0 Å². The lowest BCUT2D eigenvalue weighted by molar-refractivity contribution is -0.141. The molecule has 1 unspecified atom stereocenters. The first kappa shape index (κ1) is 13.4. The van der Waals surface area contributed by atoms with Crippen molar-refractivity contribution in [3.8, 4) is 0 Å². The summed E-state index contributed by atoms with van der Waals surface area (Å²) in [5.74, 6) is -0.474. The Morgan fingerprint density at radius 2 is 2.00 bits per heavy atom. The Morgan fingerprint density at radius 3 is 2.43 bits per heavy atom. The van der Waals surface area contributed by atoms with Crippen molar-refractivity contribution >= 4 is 5.97 Å². The van der Waals surface area contributed by atoms with Crippen LogP contribution < -0.4 is 5.73 Å². The summed E-state index contributed by atoms with van der Waals surface area (Å²) in [4.78, 5) is 10.7. The van der Waals surface area contributed by atoms with E-state index < -0.39 is 5.97 Å². The highest BCUT2D eigenvalue weighted by molar-refractivity contribution is 5.70. The van der Waals surface area contributed by atoms with Crippen LogP contribution in [0.1, 0.15) is 46.0 Å². The van der Waals surface area contributed by atoms with Crippen LogP contribution in [0.3, 0.4) is 0 Å². The van der Waals surface area contributed by atoms with Gasteiger partial charge in [-0.1, -0.05) is 33.1 Å². The number of unbranched alkanes of at least 4 members (excludes halogenated alkanes) is 1. The molecule has 3 nitrogen and oxygen atoms in total. The third kappa shape index (κ3) is 5.97. The molecule has 0 aliphatic rings. The molecule has 0 aromatic rings. The van der Waals surface area contributed by atoms with Gasteiger partial charge in [-0.15, -0.1) is 0 Å². The molecule has 3 heteroatoms. The van der Waals surface area contributed by atoms with E-state index in [0.29, 0.717) is 5.92 Å². The van der Waals surface area contributed by atoms with Crippen LogP contribution in [-0.4, -0.2) is 17.6 Å². The molecule has 3 N–H and O–H groups in total. The average Bonchev–Trinajstić information content (AvgIpc) is 2.15. The molecule has 0 aromatic heterocycles. The van der Waals surface area contributed by atoms with Crippen molar-refractivity contribution in [2.24, 2.45) is 17.6 Å². The Hall–Kier alpha value is -0.570. The summed E-state index contributed by atoms with van der Waals surface area (Å²) in [5, 5.41) is 8.78. The van der Waals surface area contributed by atoms with Crippen LogP contribution in [0.2, 0.25) is 0 Å². The summed E-state index contributed by atoms with van der Waals surface area (Å²) >= 11 is 0. The van der Waals surface area contributed by atoms with Gasteiger partial charge in [-0.25, -0.2) is 0 Å². The second kappa shape index (κ2) is 7.80. The fourth-order valence-corrected chi connectivity index (χ4v) is 1.52. The first-order valence-electron chi connectivity index (χ1n) is 5.54. The maximum Gasteiger partial charge on any atom is 0.307 e. The van der Waals surface area contributed by atoms with E-state index in [-0.39, 0.29) is 12.5 Å². The highest BCUT2D eigenvalue weighted by atomic mass is 16.4. The molecule has 0 bridgehead atoms. The summed E-state index contributed by atoms with van der Waals surface area (Å²) in [5.41, 5.74) is 5.38. The lowest BCUT2D eigenvalue weighted by atomic mass is 9.93. The first-order valence-corrected chi connectivity index (χ1v) is 5.54. The quantitative estimate of drug-likeness (QED) is 0.633. The molecule has 0 aliphatic heterocycles. The number of carbonyl (C=O) groups is 1. The molecular formula is C11H23NO2. The first-order chi connectivity index (χ1) is 6.61. The molecular weight excluding hydrogens is 178 g/mol. The van der Waals surface area contributed by atoms with Crippen LogP contribution in [0.25, 0.3) is 0 Å². The molecule has 84 valence electrons. The maximum atomic E-state index is 10.7. The summed E-state index contributed by atoms with van der Waals surface area (Å²) in [6.07, 6.45) is 5.35. The van der Waals surface area contributed by atoms with Crippen molar-refractivity contribution in [1.82, 2.24) is 0 Å². The molecule has 0 fully saturated rings. The molecule has 0 aliphatic carbocycles. The summed E-state index contributed by atoms with van der Waals surface area (Å²) in [7, 11) is 0. The highest BCUT2D eigenvalue weighted by Gasteiger charge is 2.16. The Balaban J connectivity index is 3.62. The maximum absolute atomic E-state index is 10.7. The van der Waals surface area contributed by atoms with Crippen LogP contribution in [0.4, 0.5) is 0 Å². The van der Waals surface area contributed by atoms with Gasteiger partial charge >= 0.3 is 5.97 Å². The molecule has 0 spiro atoms. The largest absolute Gasteiger partial charge is 0.481 e. The van der Waals surface area contributed by atoms with Gasteiger partial charge < -0.3 is 10.8 Å². The molecule has 2 atom stereocenters. The molecule has 0 heterocycles. The zero-order chi connectivity index (χ0) is 11.0. The van der Waals surface area contributed by atoms with Gasteiger partial charge in [0.05, 0.1) is 5.92 Å². The highest BCUT2D eigenvalue weighted by Crippen LogP contribution is 2.17. The van der Waals surface area contributed by atoms with E-state index in [1.165, 1.54) is 19.3 Å². The number of nitrogens with two attached hydrogens (primary N) is 1. The van der Waals surface area contributed by atoms with E-state index in [2.05, 4.69) is 13.8 Å². The van der Waals surface area contributed by atoms with Crippen molar-refractivity contribution < 1.29 is 9.90 Å². The van der Waals surface area contributed by atoms with Gasteiger partial charge in [0, 0.05) is 6.54 Å². The molecule has 0 saturated heterocycles. The SMILES string of the molecule is CCCCC(C)CC[C@@H](CN)C(=O)O. The van der Waals surface area contributed by atoms with E-state index in [4.69, 9.17) is 10.8 Å². The van der Waals surface area contributed by atoms with Crippen LogP contribution >= 0.6 is 0 Å². The predicted octanol–water partition coefficient (Wildman–Crippen LogP) is 2.25. The normalized spacial score (nSPS) is 15.1. The summed E-state index contributed by atoms with van der Waals surface area (Å²) in [6.45, 7) is 4.62. The third-order valence-electron chi connectivity index (χ3n) is 2.69. The monoisotopic (exact) mass is 201 g/mol. The van der Waals surface area contributed by atoms with Gasteiger partial charge in [-0.3, -0.25) is 4.79 Å². The zero-order valence-electron chi connectivity index (χ0n) is 9.33. The van der Waals surface area contributed by atoms with Crippen LogP contribution in [0.5, 0.6) is 0 Å². The molecule has 0 rings (SSSR count). The molecule has 0 amide bonds. The minimum atomic E-state index is -0.754. The van der Waals surface area contributed by atoms with Gasteiger partial charge in [0.25, 0.3) is 0 Å². The fraction of sp³-hybridized carbons (Fsp3) is 0.909. The lowest BCUT2D eigenvalue weighted by Crippen LogP contribution is -2.23. The smallest absolute Gasteiger partial charge is 0.307 e. The Morgan fingerprint density at radius 1 is 1.36 bits per heavy atom. The number of hydrogen-bond acceptors (Lipinski definition) is 2. The summed E-state index contributed by atoms with van der Waals surface area (Å²) < 4.78 is 0. The number of carboxylic acids is 1. The average molecular weight is 201 g/mol. The van der Waals surface area contributed by atoms with Crippen molar-refractivity contribution in [1.29, 1.82) is 0 Å². The van der Waals surface area contributed by atoms with Crippen molar-refractivity contribution in [3.05, 3.63) is 0 Å². The Labute approximate surface area is 86.7 Å². The van der Waals surface area contributed by atoms with Crippen molar-refractivity contribution in [2.45, 2.75) is 46.0 Å². The standard InChI is InChI=1S/C11H23NO2/c1-3-4-5-9(2)6-7-10(8-12)11(13)14/h9-10H,3-8,12H2,1-2H3,(H,13,14)/t9?,10-/m0/s1. The number of aliphatic carboxylic acids is 1. The van der Waals surface area contributed by atoms with Gasteiger partial charge in [0.1, 0.15) is 0 Å². The molecule has 0 aromatic carbocycles. The van der Waals surface area contributed by atoms with E-state index in [9.17, 15) is 4.79 Å². The van der Waals surface area contributed by atoms with Gasteiger partial charge in [-0.05, 0) is 18.8 Å². The van der Waals surface area contributed by atoms with Gasteiger partial charge in [-0.2, -0.15) is 0 Å². The Bertz CT molecular complexity index is 159. The Kier molecular flexibility index (Phi) is 7.48. The molecule has 0 radical (unpaired) electrons. The van der Waals surface area contributed by atoms with E-state index in [0.717, 1.165) is 12.8 Å². The molecule has 0 saturated carbocycles. The van der Waals surface area contributed by atoms with Crippen LogP contribution in [-0.2, 0) is 4.79 Å². The van der Waals surface area contributed by atoms with E-state index in [1.54, 1.807) is 0 Å². The molecule has 14 heavy (non-hydrogen) atoms. The van der Waals surface area contributed by atoms with Crippen molar-refractivity contribution in [2.75, 3.05) is 6.54 Å². The number of carboxylic acid groups (broad SMARTS) is 1.